The molecule has 5 rings (SSSR count). The molecule has 0 bridgehead atoms. The first-order chi connectivity index (χ1) is 15.0. The molecule has 3 aromatic carbocycles. The zero-order valence-electron chi connectivity index (χ0n) is 17.4. The Morgan fingerprint density at radius 3 is 2.52 bits per heavy atom. The molecule has 3 aromatic rings. The largest absolute Gasteiger partial charge is 0.508 e. The molecule has 1 heterocycles. The average Bonchev–Trinajstić information content (AvgIpc) is 2.78. The van der Waals surface area contributed by atoms with E-state index in [4.69, 9.17) is 14.2 Å². The molecule has 6 nitrogen and oxygen atoms in total. The highest BCUT2D eigenvalue weighted by atomic mass is 16.5. The van der Waals surface area contributed by atoms with Crippen molar-refractivity contribution in [1.29, 1.82) is 0 Å². The summed E-state index contributed by atoms with van der Waals surface area (Å²) < 4.78 is 17.0. The Morgan fingerprint density at radius 2 is 1.74 bits per heavy atom. The van der Waals surface area contributed by atoms with Gasteiger partial charge in [-0.25, -0.2) is 0 Å². The topological polar surface area (TPSA) is 88.4 Å². The van der Waals surface area contributed by atoms with Crippen LogP contribution in [-0.2, 0) is 12.8 Å². The van der Waals surface area contributed by atoms with Crippen molar-refractivity contribution >= 4 is 0 Å². The van der Waals surface area contributed by atoms with Crippen molar-refractivity contribution < 1.29 is 29.5 Å². The van der Waals surface area contributed by atoms with Gasteiger partial charge in [0.25, 0.3) is 0 Å². The van der Waals surface area contributed by atoms with Crippen molar-refractivity contribution in [3.8, 4) is 39.9 Å². The van der Waals surface area contributed by atoms with E-state index in [1.807, 2.05) is 12.1 Å². The highest BCUT2D eigenvalue weighted by Gasteiger charge is 2.36. The van der Waals surface area contributed by atoms with Crippen LogP contribution in [0.4, 0.5) is 0 Å². The Kier molecular flexibility index (Phi) is 4.67. The molecule has 6 heteroatoms. The molecule has 0 spiro atoms. The maximum absolute atomic E-state index is 11.5. The number of methoxy groups -OCH3 is 2. The fourth-order valence-electron chi connectivity index (χ4n) is 4.83. The Morgan fingerprint density at radius 1 is 0.935 bits per heavy atom. The SMILES string of the molecule is COc1cc(C2COc3cc(OC)c4c(c3C2O)CCc2cc(O)ccc2-4)ccc1O. The second-order valence-corrected chi connectivity index (χ2v) is 7.98. The Labute approximate surface area is 180 Å². The van der Waals surface area contributed by atoms with Crippen LogP contribution < -0.4 is 14.2 Å². The highest BCUT2D eigenvalue weighted by Crippen LogP contribution is 2.51. The lowest BCUT2D eigenvalue weighted by molar-refractivity contribution is 0.0876. The summed E-state index contributed by atoms with van der Waals surface area (Å²) in [7, 11) is 3.13. The number of benzene rings is 3. The lowest BCUT2D eigenvalue weighted by Crippen LogP contribution is -2.26. The summed E-state index contributed by atoms with van der Waals surface area (Å²) in [5.41, 5.74) is 5.61. The van der Waals surface area contributed by atoms with E-state index < -0.39 is 6.10 Å². The summed E-state index contributed by atoms with van der Waals surface area (Å²) in [5, 5.41) is 31.3. The van der Waals surface area contributed by atoms with Crippen LogP contribution >= 0.6 is 0 Å². The third kappa shape index (κ3) is 3.06. The van der Waals surface area contributed by atoms with Crippen LogP contribution in [0.15, 0.2) is 42.5 Å². The van der Waals surface area contributed by atoms with Gasteiger partial charge in [-0.3, -0.25) is 0 Å². The quantitative estimate of drug-likeness (QED) is 0.592. The first-order valence-corrected chi connectivity index (χ1v) is 10.3. The van der Waals surface area contributed by atoms with Crippen LogP contribution in [0.2, 0.25) is 0 Å². The smallest absolute Gasteiger partial charge is 0.160 e. The number of aliphatic hydroxyl groups is 1. The zero-order chi connectivity index (χ0) is 21.7. The minimum Gasteiger partial charge on any atom is -0.508 e. The minimum atomic E-state index is -0.781. The number of phenolic OH excluding ortho intramolecular Hbond substituents is 2. The molecule has 2 unspecified atom stereocenters. The first-order valence-electron chi connectivity index (χ1n) is 10.3. The third-order valence-corrected chi connectivity index (χ3v) is 6.35. The van der Waals surface area contributed by atoms with Crippen LogP contribution in [0, 0.1) is 0 Å². The molecule has 3 N–H and O–H groups in total. The molecular formula is C25H24O6. The first kappa shape index (κ1) is 19.6. The molecule has 0 saturated carbocycles. The van der Waals surface area contributed by atoms with Crippen LogP contribution in [0.5, 0.6) is 28.7 Å². The molecule has 0 aromatic heterocycles. The average molecular weight is 420 g/mol. The van der Waals surface area contributed by atoms with E-state index in [1.165, 1.54) is 7.11 Å². The molecule has 2 atom stereocenters. The number of aliphatic hydroxyl groups excluding tert-OH is 1. The van der Waals surface area contributed by atoms with Gasteiger partial charge in [0.2, 0.25) is 0 Å². The lowest BCUT2D eigenvalue weighted by atomic mass is 9.77. The number of aryl methyl sites for hydroxylation is 1. The molecule has 0 amide bonds. The van der Waals surface area contributed by atoms with Crippen molar-refractivity contribution in [2.45, 2.75) is 24.9 Å². The molecular weight excluding hydrogens is 396 g/mol. The minimum absolute atomic E-state index is 0.0554. The van der Waals surface area contributed by atoms with Gasteiger partial charge in [0.15, 0.2) is 11.5 Å². The van der Waals surface area contributed by atoms with E-state index in [-0.39, 0.29) is 17.4 Å². The fraction of sp³-hybridized carbons (Fsp3) is 0.280. The number of hydrogen-bond donors (Lipinski definition) is 3. The van der Waals surface area contributed by atoms with Gasteiger partial charge in [0, 0.05) is 23.1 Å². The van der Waals surface area contributed by atoms with Gasteiger partial charge >= 0.3 is 0 Å². The Balaban J connectivity index is 1.65. The van der Waals surface area contributed by atoms with E-state index in [0.29, 0.717) is 30.3 Å². The Hall–Kier alpha value is -3.38. The summed E-state index contributed by atoms with van der Waals surface area (Å²) in [5.74, 6) is 1.68. The molecule has 0 radical (unpaired) electrons. The van der Waals surface area contributed by atoms with Crippen LogP contribution in [0.1, 0.15) is 34.3 Å². The summed E-state index contributed by atoms with van der Waals surface area (Å²) in [6, 6.07) is 12.3. The van der Waals surface area contributed by atoms with Crippen molar-refractivity contribution in [3.05, 3.63) is 64.7 Å². The molecule has 0 saturated heterocycles. The van der Waals surface area contributed by atoms with Crippen molar-refractivity contribution in [3.63, 3.8) is 0 Å². The Bertz CT molecular complexity index is 1170. The molecule has 31 heavy (non-hydrogen) atoms. The van der Waals surface area contributed by atoms with Gasteiger partial charge in [0.1, 0.15) is 17.2 Å². The number of hydrogen-bond acceptors (Lipinski definition) is 6. The van der Waals surface area contributed by atoms with Gasteiger partial charge < -0.3 is 29.5 Å². The van der Waals surface area contributed by atoms with E-state index in [0.717, 1.165) is 39.8 Å². The molecule has 1 aliphatic carbocycles. The second-order valence-electron chi connectivity index (χ2n) is 7.98. The van der Waals surface area contributed by atoms with Crippen LogP contribution in [0.25, 0.3) is 11.1 Å². The summed E-state index contributed by atoms with van der Waals surface area (Å²) in [4.78, 5) is 0. The summed E-state index contributed by atoms with van der Waals surface area (Å²) in [6.45, 7) is 0.300. The van der Waals surface area contributed by atoms with E-state index >= 15 is 0 Å². The molecule has 0 fully saturated rings. The molecule has 160 valence electrons. The number of aromatic hydroxyl groups is 2. The van der Waals surface area contributed by atoms with Gasteiger partial charge in [-0.15, -0.1) is 0 Å². The lowest BCUT2D eigenvalue weighted by Gasteiger charge is -2.35. The third-order valence-electron chi connectivity index (χ3n) is 6.35. The second kappa shape index (κ2) is 7.39. The summed E-state index contributed by atoms with van der Waals surface area (Å²) >= 11 is 0. The van der Waals surface area contributed by atoms with E-state index in [9.17, 15) is 15.3 Å². The monoisotopic (exact) mass is 420 g/mol. The maximum Gasteiger partial charge on any atom is 0.160 e. The predicted molar refractivity (Wildman–Crippen MR) is 115 cm³/mol. The number of ether oxygens (including phenoxy) is 3. The van der Waals surface area contributed by atoms with Crippen molar-refractivity contribution in [1.82, 2.24) is 0 Å². The highest BCUT2D eigenvalue weighted by molar-refractivity contribution is 5.82. The van der Waals surface area contributed by atoms with Gasteiger partial charge in [-0.2, -0.15) is 0 Å². The number of rotatable bonds is 3. The fourth-order valence-corrected chi connectivity index (χ4v) is 4.83. The van der Waals surface area contributed by atoms with Crippen LogP contribution in [0.3, 0.4) is 0 Å². The van der Waals surface area contributed by atoms with Crippen molar-refractivity contribution in [2.75, 3.05) is 20.8 Å². The molecule has 1 aliphatic heterocycles. The zero-order valence-corrected chi connectivity index (χ0v) is 17.4. The predicted octanol–water partition coefficient (Wildman–Crippen LogP) is 4.09. The standard InChI is InChI=1S/C25H24O6/c1-29-20-10-14(4-8-19(20)27)18-12-31-22-11-21(30-2)23-16-7-5-15(26)9-13(16)3-6-17(23)24(22)25(18)28/h4-5,7-11,18,25-28H,3,6,12H2,1-2H3. The number of phenols is 2. The van der Waals surface area contributed by atoms with Gasteiger partial charge in [-0.05, 0) is 59.4 Å². The van der Waals surface area contributed by atoms with Crippen molar-refractivity contribution in [2.24, 2.45) is 0 Å². The number of fused-ring (bicyclic) bond motifs is 5. The summed E-state index contributed by atoms with van der Waals surface area (Å²) in [6.07, 6.45) is 0.675. The van der Waals surface area contributed by atoms with E-state index in [2.05, 4.69) is 0 Å². The van der Waals surface area contributed by atoms with E-state index in [1.54, 1.807) is 37.4 Å². The normalized spacial score (nSPS) is 18.9. The maximum atomic E-state index is 11.5. The van der Waals surface area contributed by atoms with Gasteiger partial charge in [0.05, 0.1) is 26.9 Å². The van der Waals surface area contributed by atoms with Gasteiger partial charge in [-0.1, -0.05) is 12.1 Å². The molecule has 2 aliphatic rings. The van der Waals surface area contributed by atoms with Crippen LogP contribution in [-0.4, -0.2) is 36.1 Å².